The lowest BCUT2D eigenvalue weighted by Gasteiger charge is -2.15. The van der Waals surface area contributed by atoms with Crippen molar-refractivity contribution in [2.45, 2.75) is 26.7 Å². The predicted octanol–water partition coefficient (Wildman–Crippen LogP) is 2.39. The van der Waals surface area contributed by atoms with Crippen LogP contribution in [0.3, 0.4) is 0 Å². The highest BCUT2D eigenvalue weighted by molar-refractivity contribution is 5.93. The minimum absolute atomic E-state index is 0.0562. The summed E-state index contributed by atoms with van der Waals surface area (Å²) in [7, 11) is 0. The molecular formula is C14H21N3O. The summed E-state index contributed by atoms with van der Waals surface area (Å²) >= 11 is 0. The second kappa shape index (κ2) is 5.85. The molecule has 0 spiro atoms. The molecule has 0 radical (unpaired) electrons. The van der Waals surface area contributed by atoms with Gasteiger partial charge in [0.15, 0.2) is 0 Å². The van der Waals surface area contributed by atoms with Crippen LogP contribution in [-0.2, 0) is 0 Å². The zero-order valence-electron chi connectivity index (χ0n) is 11.1. The molecule has 1 aromatic rings. The van der Waals surface area contributed by atoms with Gasteiger partial charge in [0.05, 0.1) is 0 Å². The van der Waals surface area contributed by atoms with E-state index < -0.39 is 0 Å². The fourth-order valence-electron chi connectivity index (χ4n) is 2.06. The van der Waals surface area contributed by atoms with E-state index in [4.69, 9.17) is 0 Å². The summed E-state index contributed by atoms with van der Waals surface area (Å²) in [5.41, 5.74) is 1.52. The molecular weight excluding hydrogens is 226 g/mol. The van der Waals surface area contributed by atoms with Crippen LogP contribution in [0.1, 0.15) is 37.2 Å². The van der Waals surface area contributed by atoms with E-state index in [2.05, 4.69) is 24.1 Å². The largest absolute Gasteiger partial charge is 0.385 e. The Labute approximate surface area is 108 Å². The highest BCUT2D eigenvalue weighted by atomic mass is 16.2. The molecule has 1 aliphatic rings. The molecule has 1 N–H and O–H groups in total. The number of hydrogen-bond acceptors (Lipinski definition) is 3. The van der Waals surface area contributed by atoms with Crippen molar-refractivity contribution in [3.05, 3.63) is 24.0 Å². The summed E-state index contributed by atoms with van der Waals surface area (Å²) in [6, 6.07) is 3.76. The summed E-state index contributed by atoms with van der Waals surface area (Å²) in [4.78, 5) is 18.2. The lowest BCUT2D eigenvalue weighted by Crippen LogP contribution is -2.28. The van der Waals surface area contributed by atoms with Gasteiger partial charge in [-0.2, -0.15) is 0 Å². The summed E-state index contributed by atoms with van der Waals surface area (Å²) in [5, 5.41) is 3.32. The third-order valence-corrected chi connectivity index (χ3v) is 3.09. The van der Waals surface area contributed by atoms with E-state index >= 15 is 0 Å². The lowest BCUT2D eigenvalue weighted by atomic mass is 10.2. The van der Waals surface area contributed by atoms with Gasteiger partial charge in [-0.1, -0.05) is 13.8 Å². The third kappa shape index (κ3) is 3.22. The van der Waals surface area contributed by atoms with Crippen molar-refractivity contribution >= 4 is 11.6 Å². The molecule has 0 saturated carbocycles. The molecule has 1 saturated heterocycles. The first-order valence-electron chi connectivity index (χ1n) is 6.66. The highest BCUT2D eigenvalue weighted by Crippen LogP contribution is 2.14. The van der Waals surface area contributed by atoms with Gasteiger partial charge in [0.25, 0.3) is 5.91 Å². The third-order valence-electron chi connectivity index (χ3n) is 3.09. The van der Waals surface area contributed by atoms with Gasteiger partial charge in [0.1, 0.15) is 5.69 Å². The van der Waals surface area contributed by atoms with E-state index in [1.165, 1.54) is 0 Å². The maximum atomic E-state index is 12.2. The minimum Gasteiger partial charge on any atom is -0.385 e. The van der Waals surface area contributed by atoms with Gasteiger partial charge in [0, 0.05) is 31.5 Å². The molecule has 18 heavy (non-hydrogen) atoms. The number of anilines is 1. The number of pyridine rings is 1. The summed E-state index contributed by atoms with van der Waals surface area (Å²) < 4.78 is 0. The SMILES string of the molecule is CC(C)CNc1ccnc(C(=O)N2CCCC2)c1. The standard InChI is InChI=1S/C14H21N3O/c1-11(2)10-16-12-5-6-15-13(9-12)14(18)17-7-3-4-8-17/h5-6,9,11H,3-4,7-8,10H2,1-2H3,(H,15,16). The van der Waals surface area contributed by atoms with Crippen molar-refractivity contribution in [3.63, 3.8) is 0 Å². The zero-order chi connectivity index (χ0) is 13.0. The van der Waals surface area contributed by atoms with Gasteiger partial charge in [-0.15, -0.1) is 0 Å². The number of aromatic nitrogens is 1. The average molecular weight is 247 g/mol. The maximum absolute atomic E-state index is 12.2. The number of likely N-dealkylation sites (tertiary alicyclic amines) is 1. The quantitative estimate of drug-likeness (QED) is 0.888. The van der Waals surface area contributed by atoms with Crippen LogP contribution in [0.4, 0.5) is 5.69 Å². The Kier molecular flexibility index (Phi) is 4.18. The average Bonchev–Trinajstić information content (AvgIpc) is 2.89. The number of carbonyl (C=O) groups is 1. The molecule has 1 aliphatic heterocycles. The number of nitrogens with one attached hydrogen (secondary N) is 1. The Morgan fingerprint density at radius 1 is 1.44 bits per heavy atom. The van der Waals surface area contributed by atoms with Crippen LogP contribution in [0, 0.1) is 5.92 Å². The van der Waals surface area contributed by atoms with E-state index in [-0.39, 0.29) is 5.91 Å². The van der Waals surface area contributed by atoms with E-state index in [0.717, 1.165) is 38.2 Å². The van der Waals surface area contributed by atoms with Crippen LogP contribution in [0.5, 0.6) is 0 Å². The van der Waals surface area contributed by atoms with E-state index in [0.29, 0.717) is 11.6 Å². The molecule has 0 unspecified atom stereocenters. The van der Waals surface area contributed by atoms with Crippen molar-refractivity contribution in [3.8, 4) is 0 Å². The number of hydrogen-bond donors (Lipinski definition) is 1. The van der Waals surface area contributed by atoms with Gasteiger partial charge in [-0.25, -0.2) is 0 Å². The molecule has 1 aromatic heterocycles. The Morgan fingerprint density at radius 2 is 2.17 bits per heavy atom. The van der Waals surface area contributed by atoms with E-state index in [1.54, 1.807) is 6.20 Å². The van der Waals surface area contributed by atoms with Gasteiger partial charge in [-0.05, 0) is 30.9 Å². The Hall–Kier alpha value is -1.58. The second-order valence-corrected chi connectivity index (χ2v) is 5.20. The van der Waals surface area contributed by atoms with Crippen LogP contribution in [0.15, 0.2) is 18.3 Å². The molecule has 0 aromatic carbocycles. The first kappa shape index (κ1) is 12.9. The first-order valence-corrected chi connectivity index (χ1v) is 6.66. The highest BCUT2D eigenvalue weighted by Gasteiger charge is 2.20. The van der Waals surface area contributed by atoms with Gasteiger partial charge >= 0.3 is 0 Å². The van der Waals surface area contributed by atoms with Crippen molar-refractivity contribution in [2.24, 2.45) is 5.92 Å². The first-order chi connectivity index (χ1) is 8.66. The lowest BCUT2D eigenvalue weighted by molar-refractivity contribution is 0.0787. The molecule has 0 aliphatic carbocycles. The van der Waals surface area contributed by atoms with E-state index in [1.807, 2.05) is 17.0 Å². The Bertz CT molecular complexity index is 411. The van der Waals surface area contributed by atoms with Crippen LogP contribution in [-0.4, -0.2) is 35.4 Å². The molecule has 2 rings (SSSR count). The number of nitrogens with zero attached hydrogens (tertiary/aromatic N) is 2. The Morgan fingerprint density at radius 3 is 2.83 bits per heavy atom. The summed E-state index contributed by atoms with van der Waals surface area (Å²) in [6.45, 7) is 6.95. The van der Waals surface area contributed by atoms with Gasteiger partial charge in [0.2, 0.25) is 0 Å². The number of rotatable bonds is 4. The van der Waals surface area contributed by atoms with Crippen LogP contribution < -0.4 is 5.32 Å². The monoisotopic (exact) mass is 247 g/mol. The second-order valence-electron chi connectivity index (χ2n) is 5.20. The Balaban J connectivity index is 2.04. The van der Waals surface area contributed by atoms with Crippen LogP contribution in [0.25, 0.3) is 0 Å². The fraction of sp³-hybridized carbons (Fsp3) is 0.571. The smallest absolute Gasteiger partial charge is 0.272 e. The fourth-order valence-corrected chi connectivity index (χ4v) is 2.06. The van der Waals surface area contributed by atoms with Gasteiger partial charge in [-0.3, -0.25) is 9.78 Å². The molecule has 0 bridgehead atoms. The summed E-state index contributed by atoms with van der Waals surface area (Å²) in [5.74, 6) is 0.636. The number of carbonyl (C=O) groups excluding carboxylic acids is 1. The number of amides is 1. The van der Waals surface area contributed by atoms with Crippen LogP contribution >= 0.6 is 0 Å². The predicted molar refractivity (Wildman–Crippen MR) is 72.7 cm³/mol. The zero-order valence-corrected chi connectivity index (χ0v) is 11.1. The maximum Gasteiger partial charge on any atom is 0.272 e. The molecule has 4 nitrogen and oxygen atoms in total. The topological polar surface area (TPSA) is 45.2 Å². The van der Waals surface area contributed by atoms with Crippen molar-refractivity contribution in [2.75, 3.05) is 25.0 Å². The molecule has 98 valence electrons. The van der Waals surface area contributed by atoms with Crippen LogP contribution in [0.2, 0.25) is 0 Å². The molecule has 0 atom stereocenters. The normalized spacial score (nSPS) is 15.2. The molecule has 4 heteroatoms. The molecule has 1 fully saturated rings. The van der Waals surface area contributed by atoms with Crippen molar-refractivity contribution in [1.82, 2.24) is 9.88 Å². The van der Waals surface area contributed by atoms with Crippen molar-refractivity contribution in [1.29, 1.82) is 0 Å². The van der Waals surface area contributed by atoms with Gasteiger partial charge < -0.3 is 10.2 Å². The van der Waals surface area contributed by atoms with Crippen molar-refractivity contribution < 1.29 is 4.79 Å². The minimum atomic E-state index is 0.0562. The molecule has 1 amide bonds. The summed E-state index contributed by atoms with van der Waals surface area (Å²) in [6.07, 6.45) is 3.92. The molecule has 2 heterocycles. The van der Waals surface area contributed by atoms with E-state index in [9.17, 15) is 4.79 Å².